The monoisotopic (exact) mass is 287 g/mol. The fraction of sp³-hybridized carbons (Fsp3) is 0.471. The van der Waals surface area contributed by atoms with Crippen LogP contribution in [0.25, 0.3) is 10.9 Å². The van der Waals surface area contributed by atoms with E-state index in [1.807, 2.05) is 13.0 Å². The minimum atomic E-state index is 0.108. The number of para-hydroxylation sites is 1. The molecular weight excluding hydrogens is 262 g/mol. The number of hydrogen-bond donors (Lipinski definition) is 2. The van der Waals surface area contributed by atoms with Crippen LogP contribution in [0.2, 0.25) is 0 Å². The molecule has 2 N–H and O–H groups in total. The van der Waals surface area contributed by atoms with Crippen LogP contribution < -0.4 is 10.6 Å². The van der Waals surface area contributed by atoms with E-state index in [1.54, 1.807) is 0 Å². The van der Waals surface area contributed by atoms with E-state index in [1.165, 1.54) is 16.5 Å². The van der Waals surface area contributed by atoms with E-state index in [0.29, 0.717) is 25.6 Å². The summed E-state index contributed by atoms with van der Waals surface area (Å²) in [7, 11) is 0. The summed E-state index contributed by atoms with van der Waals surface area (Å²) in [4.78, 5) is 11.6. The molecule has 4 nitrogen and oxygen atoms in total. The van der Waals surface area contributed by atoms with Gasteiger partial charge < -0.3 is 15.2 Å². The largest absolute Gasteiger partial charge is 0.356 e. The normalized spacial score (nSPS) is 11.2. The van der Waals surface area contributed by atoms with Gasteiger partial charge in [-0.25, -0.2) is 0 Å². The van der Waals surface area contributed by atoms with Gasteiger partial charge in [0, 0.05) is 49.2 Å². The van der Waals surface area contributed by atoms with Gasteiger partial charge in [-0.2, -0.15) is 0 Å². The lowest BCUT2D eigenvalue weighted by atomic mass is 10.1. The van der Waals surface area contributed by atoms with Crippen molar-refractivity contribution in [2.45, 2.75) is 46.3 Å². The van der Waals surface area contributed by atoms with E-state index in [-0.39, 0.29) is 5.91 Å². The quantitative estimate of drug-likeness (QED) is 0.822. The average molecular weight is 287 g/mol. The Labute approximate surface area is 126 Å². The van der Waals surface area contributed by atoms with Crippen LogP contribution in [0.4, 0.5) is 0 Å². The summed E-state index contributed by atoms with van der Waals surface area (Å²) in [6, 6.07) is 8.84. The topological polar surface area (TPSA) is 46.1 Å². The molecule has 0 fully saturated rings. The lowest BCUT2D eigenvalue weighted by Gasteiger charge is -2.06. The Kier molecular flexibility index (Phi) is 5.39. The number of hydrogen-bond acceptors (Lipinski definition) is 2. The third-order valence-corrected chi connectivity index (χ3v) is 3.53. The van der Waals surface area contributed by atoms with Crippen molar-refractivity contribution in [3.05, 3.63) is 36.0 Å². The molecule has 0 aliphatic rings. The second-order valence-corrected chi connectivity index (χ2v) is 5.60. The SMILES string of the molecule is CCNC(=O)CCn1cc(CNC(C)C)c2ccccc21. The van der Waals surface area contributed by atoms with Crippen molar-refractivity contribution in [2.24, 2.45) is 0 Å². The highest BCUT2D eigenvalue weighted by Crippen LogP contribution is 2.21. The van der Waals surface area contributed by atoms with Gasteiger partial charge in [-0.05, 0) is 18.6 Å². The van der Waals surface area contributed by atoms with Crippen molar-refractivity contribution in [1.29, 1.82) is 0 Å². The number of benzene rings is 1. The molecule has 0 radical (unpaired) electrons. The highest BCUT2D eigenvalue weighted by atomic mass is 16.1. The Morgan fingerprint density at radius 3 is 2.76 bits per heavy atom. The fourth-order valence-electron chi connectivity index (χ4n) is 2.47. The molecule has 0 unspecified atom stereocenters. The van der Waals surface area contributed by atoms with Crippen molar-refractivity contribution >= 4 is 16.8 Å². The van der Waals surface area contributed by atoms with Gasteiger partial charge in [-0.1, -0.05) is 32.0 Å². The molecule has 1 aromatic carbocycles. The third-order valence-electron chi connectivity index (χ3n) is 3.53. The summed E-state index contributed by atoms with van der Waals surface area (Å²) < 4.78 is 2.18. The summed E-state index contributed by atoms with van der Waals surface area (Å²) in [5, 5.41) is 7.57. The summed E-state index contributed by atoms with van der Waals surface area (Å²) in [6.07, 6.45) is 2.68. The van der Waals surface area contributed by atoms with E-state index in [2.05, 4.69) is 53.4 Å². The molecule has 0 bridgehead atoms. The van der Waals surface area contributed by atoms with Crippen LogP contribution >= 0.6 is 0 Å². The molecule has 114 valence electrons. The maximum Gasteiger partial charge on any atom is 0.221 e. The second-order valence-electron chi connectivity index (χ2n) is 5.60. The Hall–Kier alpha value is -1.81. The van der Waals surface area contributed by atoms with Crippen molar-refractivity contribution < 1.29 is 4.79 Å². The number of nitrogens with zero attached hydrogens (tertiary/aromatic N) is 1. The lowest BCUT2D eigenvalue weighted by Crippen LogP contribution is -2.23. The number of aromatic nitrogens is 1. The number of carbonyl (C=O) groups excluding carboxylic acids is 1. The van der Waals surface area contributed by atoms with Crippen molar-refractivity contribution in [2.75, 3.05) is 6.54 Å². The molecule has 1 amide bonds. The molecule has 0 atom stereocenters. The van der Waals surface area contributed by atoms with Gasteiger partial charge in [0.1, 0.15) is 0 Å². The molecule has 1 heterocycles. The smallest absolute Gasteiger partial charge is 0.221 e. The molecular formula is C17H25N3O. The van der Waals surface area contributed by atoms with E-state index >= 15 is 0 Å². The van der Waals surface area contributed by atoms with Crippen molar-refractivity contribution in [3.8, 4) is 0 Å². The predicted octanol–water partition coefficient (Wildman–Crippen LogP) is 2.67. The summed E-state index contributed by atoms with van der Waals surface area (Å²) in [5.41, 5.74) is 2.48. The number of aryl methyl sites for hydroxylation is 1. The first-order valence-corrected chi connectivity index (χ1v) is 7.68. The van der Waals surface area contributed by atoms with Gasteiger partial charge >= 0.3 is 0 Å². The molecule has 4 heteroatoms. The zero-order valence-corrected chi connectivity index (χ0v) is 13.1. The molecule has 2 rings (SSSR count). The molecule has 0 saturated heterocycles. The number of carbonyl (C=O) groups is 1. The third kappa shape index (κ3) is 4.08. The summed E-state index contributed by atoms with van der Waals surface area (Å²) in [6.45, 7) is 8.50. The van der Waals surface area contributed by atoms with Gasteiger partial charge in [0.05, 0.1) is 0 Å². The molecule has 0 aliphatic heterocycles. The van der Waals surface area contributed by atoms with Gasteiger partial charge in [0.25, 0.3) is 0 Å². The van der Waals surface area contributed by atoms with Crippen molar-refractivity contribution in [1.82, 2.24) is 15.2 Å². The first kappa shape index (κ1) is 15.6. The molecule has 0 spiro atoms. The highest BCUT2D eigenvalue weighted by Gasteiger charge is 2.09. The number of amides is 1. The van der Waals surface area contributed by atoms with E-state index in [9.17, 15) is 4.79 Å². The zero-order chi connectivity index (χ0) is 15.2. The van der Waals surface area contributed by atoms with E-state index < -0.39 is 0 Å². The van der Waals surface area contributed by atoms with Gasteiger partial charge in [-0.3, -0.25) is 4.79 Å². The van der Waals surface area contributed by atoms with Crippen LogP contribution in [0, 0.1) is 0 Å². The molecule has 21 heavy (non-hydrogen) atoms. The highest BCUT2D eigenvalue weighted by molar-refractivity contribution is 5.84. The number of nitrogens with one attached hydrogen (secondary N) is 2. The lowest BCUT2D eigenvalue weighted by molar-refractivity contribution is -0.121. The first-order chi connectivity index (χ1) is 10.1. The van der Waals surface area contributed by atoms with Crippen LogP contribution in [0.3, 0.4) is 0 Å². The van der Waals surface area contributed by atoms with Crippen molar-refractivity contribution in [3.63, 3.8) is 0 Å². The molecule has 2 aromatic rings. The van der Waals surface area contributed by atoms with Crippen LogP contribution in [0.5, 0.6) is 0 Å². The average Bonchev–Trinajstić information content (AvgIpc) is 2.82. The van der Waals surface area contributed by atoms with Crippen LogP contribution in [-0.2, 0) is 17.9 Å². The standard InChI is InChI=1S/C17H25N3O/c1-4-18-17(21)9-10-20-12-14(11-19-13(2)3)15-7-5-6-8-16(15)20/h5-8,12-13,19H,4,9-11H2,1-3H3,(H,18,21). The minimum absolute atomic E-state index is 0.108. The number of fused-ring (bicyclic) bond motifs is 1. The van der Waals surface area contributed by atoms with E-state index in [4.69, 9.17) is 0 Å². The predicted molar refractivity (Wildman–Crippen MR) is 87.2 cm³/mol. The fourth-order valence-corrected chi connectivity index (χ4v) is 2.47. The first-order valence-electron chi connectivity index (χ1n) is 7.68. The second kappa shape index (κ2) is 7.27. The van der Waals surface area contributed by atoms with Crippen LogP contribution in [0.1, 0.15) is 32.8 Å². The van der Waals surface area contributed by atoms with E-state index in [0.717, 1.165) is 6.54 Å². The Morgan fingerprint density at radius 2 is 2.05 bits per heavy atom. The zero-order valence-electron chi connectivity index (χ0n) is 13.1. The maximum atomic E-state index is 11.6. The minimum Gasteiger partial charge on any atom is -0.356 e. The van der Waals surface area contributed by atoms with Gasteiger partial charge in [0.15, 0.2) is 0 Å². The summed E-state index contributed by atoms with van der Waals surface area (Å²) in [5.74, 6) is 0.108. The Morgan fingerprint density at radius 1 is 1.29 bits per heavy atom. The molecule has 0 aliphatic carbocycles. The van der Waals surface area contributed by atoms with Gasteiger partial charge in [-0.15, -0.1) is 0 Å². The Balaban J connectivity index is 2.17. The maximum absolute atomic E-state index is 11.6. The summed E-state index contributed by atoms with van der Waals surface area (Å²) >= 11 is 0. The van der Waals surface area contributed by atoms with Crippen LogP contribution in [0.15, 0.2) is 30.5 Å². The number of rotatable bonds is 7. The van der Waals surface area contributed by atoms with Gasteiger partial charge in [0.2, 0.25) is 5.91 Å². The molecule has 1 aromatic heterocycles. The van der Waals surface area contributed by atoms with Crippen LogP contribution in [-0.4, -0.2) is 23.1 Å². The Bertz CT molecular complexity index is 601. The molecule has 0 saturated carbocycles.